The number of nitrogens with one attached hydrogen (secondary N) is 1. The minimum Gasteiger partial charge on any atom is -0.484 e. The molecule has 5 aliphatic heterocycles. The predicted octanol–water partition coefficient (Wildman–Crippen LogP) is 0.0838. The van der Waals surface area contributed by atoms with Gasteiger partial charge in [-0.25, -0.2) is 19.9 Å². The van der Waals surface area contributed by atoms with Crippen LogP contribution in [-0.4, -0.2) is 145 Å². The van der Waals surface area contributed by atoms with E-state index in [0.717, 1.165) is 13.0 Å². The molecule has 376 valence electrons. The lowest BCUT2D eigenvalue weighted by molar-refractivity contribution is -0.122. The SMILES string of the molecule is COc1ccc2ncc(=O)n(CC[C@H](O)CN[C@H]3CC(=O)N(c4ccc5c(n4)CC(=O)CO5)C3)c2n1.COc1ccc2ncc(=O)n(CC[C@H]3CO3)c2n1.N[C@H]1CC(=O)N(c2ccc3c(n2)CC(=O)CO3)C1. The van der Waals surface area contributed by atoms with Crippen molar-refractivity contribution < 1.29 is 48.0 Å². The lowest BCUT2D eigenvalue weighted by atomic mass is 10.1. The highest BCUT2D eigenvalue weighted by Gasteiger charge is 2.33. The Morgan fingerprint density at radius 3 is 1.75 bits per heavy atom. The van der Waals surface area contributed by atoms with E-state index in [-0.39, 0.29) is 98.3 Å². The zero-order valence-electron chi connectivity index (χ0n) is 39.5. The second-order valence-corrected chi connectivity index (χ2v) is 17.6. The van der Waals surface area contributed by atoms with E-state index in [0.29, 0.717) is 101 Å². The maximum atomic E-state index is 12.6. The van der Waals surface area contributed by atoms with Gasteiger partial charge in [-0.2, -0.15) is 9.97 Å². The summed E-state index contributed by atoms with van der Waals surface area (Å²) in [7, 11) is 3.04. The van der Waals surface area contributed by atoms with Gasteiger partial charge in [-0.05, 0) is 49.2 Å². The molecule has 0 saturated carbocycles. The van der Waals surface area contributed by atoms with Crippen LogP contribution < -0.4 is 50.9 Å². The van der Waals surface area contributed by atoms with Crippen LogP contribution in [0.2, 0.25) is 0 Å². The fraction of sp³-hybridized carbons (Fsp3) is 0.417. The van der Waals surface area contributed by atoms with Crippen molar-refractivity contribution in [2.24, 2.45) is 5.73 Å². The number of aryl methyl sites for hydroxylation is 2. The molecule has 3 saturated heterocycles. The number of nitrogens with zero attached hydrogens (tertiary/aromatic N) is 10. The number of carbonyl (C=O) groups excluding carboxylic acids is 4. The standard InChI is InChI=1S/C24H26N6O6.2C12H13N3O3/c1-35-21-5-2-17-24(28-21)29(23(34)11-26-17)7-6-15(31)10-25-14-8-22(33)30(12-14)20-4-3-19-18(27-20)9-16(32)13-36-19;1-17-10-3-2-9-12(14-10)15(11(16)6-13-9)5-4-8-7-18-8;13-7-3-12(17)15(5-7)11-2-1-10-9(14-11)4-8(16)6-18-10/h2-5,11,14-15,25,31H,6-10,12-13H2,1H3;2-3,6,8H,4-5,7H2,1H3;1-2,7H,3-6,13H2/t14-,15-;8-;7-/m000/s1. The molecular formula is C48H52N12O12. The molecule has 6 aromatic rings. The first-order valence-corrected chi connectivity index (χ1v) is 23.3. The smallest absolute Gasteiger partial charge is 0.270 e. The second kappa shape index (κ2) is 21.7. The van der Waals surface area contributed by atoms with Gasteiger partial charge in [-0.3, -0.25) is 47.7 Å². The molecule has 11 rings (SSSR count). The van der Waals surface area contributed by atoms with Crippen LogP contribution in [0.15, 0.2) is 70.5 Å². The minimum absolute atomic E-state index is 0.00315. The summed E-state index contributed by atoms with van der Waals surface area (Å²) in [5.41, 5.74) is 8.60. The van der Waals surface area contributed by atoms with E-state index >= 15 is 0 Å². The number of Topliss-reactive ketones (excluding diaryl/α,β-unsaturated/α-hetero) is 2. The van der Waals surface area contributed by atoms with Gasteiger partial charge in [0.15, 0.2) is 22.9 Å². The van der Waals surface area contributed by atoms with E-state index in [4.69, 9.17) is 29.4 Å². The summed E-state index contributed by atoms with van der Waals surface area (Å²) in [5, 5.41) is 13.8. The number of aliphatic hydroxyl groups is 1. The van der Waals surface area contributed by atoms with Gasteiger partial charge >= 0.3 is 0 Å². The average molecular weight is 989 g/mol. The van der Waals surface area contributed by atoms with Crippen LogP contribution >= 0.6 is 0 Å². The maximum absolute atomic E-state index is 12.6. The van der Waals surface area contributed by atoms with E-state index in [1.807, 2.05) is 0 Å². The summed E-state index contributed by atoms with van der Waals surface area (Å²) in [6.07, 6.45) is 4.27. The number of aromatic nitrogens is 8. The number of rotatable bonds is 13. The third-order valence-corrected chi connectivity index (χ3v) is 12.3. The average Bonchev–Trinajstić information content (AvgIpc) is 4.05. The molecule has 0 aliphatic carbocycles. The summed E-state index contributed by atoms with van der Waals surface area (Å²) >= 11 is 0. The van der Waals surface area contributed by atoms with Crippen molar-refractivity contribution in [2.45, 2.75) is 75.9 Å². The van der Waals surface area contributed by atoms with Crippen LogP contribution in [-0.2, 0) is 49.8 Å². The number of nitrogens with two attached hydrogens (primary N) is 1. The fourth-order valence-electron chi connectivity index (χ4n) is 8.48. The van der Waals surface area contributed by atoms with Gasteiger partial charge in [-0.1, -0.05) is 0 Å². The van der Waals surface area contributed by atoms with Crippen molar-refractivity contribution in [3.8, 4) is 23.3 Å². The Balaban J connectivity index is 0.000000148. The number of hydrogen-bond acceptors (Lipinski definition) is 20. The molecule has 2 amide bonds. The summed E-state index contributed by atoms with van der Waals surface area (Å²) in [6.45, 7) is 2.88. The van der Waals surface area contributed by atoms with Crippen molar-refractivity contribution in [3.05, 3.63) is 93.0 Å². The number of carbonyl (C=O) groups is 4. The van der Waals surface area contributed by atoms with Gasteiger partial charge in [0.05, 0.1) is 69.7 Å². The highest BCUT2D eigenvalue weighted by atomic mass is 16.6. The molecule has 24 heteroatoms. The third kappa shape index (κ3) is 11.5. The number of aliphatic hydroxyl groups excluding tert-OH is 1. The zero-order valence-corrected chi connectivity index (χ0v) is 39.5. The molecule has 6 aromatic heterocycles. The van der Waals surface area contributed by atoms with Gasteiger partial charge in [-0.15, -0.1) is 0 Å². The largest absolute Gasteiger partial charge is 0.484 e. The summed E-state index contributed by atoms with van der Waals surface area (Å²) < 4.78 is 29.1. The second-order valence-electron chi connectivity index (χ2n) is 17.6. The van der Waals surface area contributed by atoms with Crippen LogP contribution in [0.5, 0.6) is 23.3 Å². The predicted molar refractivity (Wildman–Crippen MR) is 256 cm³/mol. The molecule has 0 spiro atoms. The molecule has 0 unspecified atom stereocenters. The Bertz CT molecular complexity index is 3160. The van der Waals surface area contributed by atoms with Crippen molar-refractivity contribution in [1.82, 2.24) is 44.4 Å². The third-order valence-electron chi connectivity index (χ3n) is 12.3. The number of epoxide rings is 1. The summed E-state index contributed by atoms with van der Waals surface area (Å²) in [6, 6.07) is 13.5. The molecule has 0 radical (unpaired) electrons. The Labute approximate surface area is 410 Å². The lowest BCUT2D eigenvalue weighted by Gasteiger charge is -2.21. The van der Waals surface area contributed by atoms with Crippen LogP contribution in [0.3, 0.4) is 0 Å². The number of anilines is 2. The molecule has 24 nitrogen and oxygen atoms in total. The molecule has 0 aromatic carbocycles. The summed E-state index contributed by atoms with van der Waals surface area (Å²) in [4.78, 5) is 100. The molecule has 0 bridgehead atoms. The van der Waals surface area contributed by atoms with Gasteiger partial charge in [0.25, 0.3) is 11.1 Å². The highest BCUT2D eigenvalue weighted by molar-refractivity contribution is 5.96. The molecule has 5 aliphatic rings. The highest BCUT2D eigenvalue weighted by Crippen LogP contribution is 2.29. The number of ketones is 2. The topological polar surface area (TPSA) is 304 Å². The maximum Gasteiger partial charge on any atom is 0.270 e. The Kier molecular flexibility index (Phi) is 14.8. The van der Waals surface area contributed by atoms with Crippen molar-refractivity contribution in [3.63, 3.8) is 0 Å². The number of hydrogen-bond donors (Lipinski definition) is 3. The zero-order chi connectivity index (χ0) is 50.5. The van der Waals surface area contributed by atoms with Gasteiger partial charge in [0.2, 0.25) is 23.6 Å². The van der Waals surface area contributed by atoms with E-state index in [1.54, 1.807) is 70.0 Å². The molecule has 11 heterocycles. The number of methoxy groups -OCH3 is 2. The molecular weight excluding hydrogens is 937 g/mol. The van der Waals surface area contributed by atoms with Crippen molar-refractivity contribution in [1.29, 1.82) is 0 Å². The monoisotopic (exact) mass is 988 g/mol. The number of pyridine rings is 4. The van der Waals surface area contributed by atoms with Crippen LogP contribution in [0.1, 0.15) is 37.1 Å². The quantitative estimate of drug-likeness (QED) is 0.129. The summed E-state index contributed by atoms with van der Waals surface area (Å²) in [5.74, 6) is 2.89. The van der Waals surface area contributed by atoms with Crippen molar-refractivity contribution in [2.75, 3.05) is 63.5 Å². The minimum atomic E-state index is -0.750. The van der Waals surface area contributed by atoms with E-state index < -0.39 is 6.10 Å². The molecule has 4 atom stereocenters. The first-order chi connectivity index (χ1) is 34.8. The first-order valence-electron chi connectivity index (χ1n) is 23.3. The van der Waals surface area contributed by atoms with Crippen LogP contribution in [0.25, 0.3) is 22.3 Å². The van der Waals surface area contributed by atoms with Crippen molar-refractivity contribution >= 4 is 57.3 Å². The van der Waals surface area contributed by atoms with Gasteiger partial charge < -0.3 is 39.8 Å². The van der Waals surface area contributed by atoms with Gasteiger partial charge in [0.1, 0.15) is 47.4 Å². The van der Waals surface area contributed by atoms with Crippen LogP contribution in [0.4, 0.5) is 11.6 Å². The Morgan fingerprint density at radius 1 is 0.708 bits per heavy atom. The number of amides is 2. The molecule has 3 fully saturated rings. The van der Waals surface area contributed by atoms with E-state index in [1.165, 1.54) is 24.1 Å². The number of fused-ring (bicyclic) bond motifs is 4. The van der Waals surface area contributed by atoms with Gasteiger partial charge in [0, 0.05) is 69.8 Å². The Morgan fingerprint density at radius 2 is 1.24 bits per heavy atom. The lowest BCUT2D eigenvalue weighted by Crippen LogP contribution is -2.38. The number of ether oxygens (including phenoxy) is 5. The fourth-order valence-corrected chi connectivity index (χ4v) is 8.48. The van der Waals surface area contributed by atoms with Crippen LogP contribution in [0, 0.1) is 0 Å². The molecule has 72 heavy (non-hydrogen) atoms. The molecule has 4 N–H and O–H groups in total. The Hall–Kier alpha value is -7.80. The van der Waals surface area contributed by atoms with E-state index in [9.17, 15) is 33.9 Å². The first kappa shape index (κ1) is 49.2. The normalized spacial score (nSPS) is 19.4. The van der Waals surface area contributed by atoms with E-state index in [2.05, 4.69) is 35.2 Å².